The molecule has 1 atom stereocenters. The molecule has 0 aliphatic carbocycles. The van der Waals surface area contributed by atoms with E-state index in [0.717, 1.165) is 38.2 Å². The van der Waals surface area contributed by atoms with Gasteiger partial charge < -0.3 is 10.1 Å². The summed E-state index contributed by atoms with van der Waals surface area (Å²) in [6.45, 7) is 1.97. The van der Waals surface area contributed by atoms with Crippen molar-refractivity contribution in [1.29, 1.82) is 0 Å². The number of aryl methyl sites for hydroxylation is 1. The molecule has 8 heteroatoms. The SMILES string of the molecule is CSc1cc(C)nc(SC)c1NC(=O)C(SCc1ccc(Cl)cc1)c1ccc(Oc2ccccc2)cc1. The van der Waals surface area contributed by atoms with Crippen LogP contribution in [-0.2, 0) is 10.5 Å². The Balaban J connectivity index is 1.60. The number of nitrogens with one attached hydrogen (secondary N) is 1. The predicted molar refractivity (Wildman–Crippen MR) is 160 cm³/mol. The first kappa shape index (κ1) is 27.5. The normalized spacial score (nSPS) is 11.7. The minimum absolute atomic E-state index is 0.0908. The van der Waals surface area contributed by atoms with Gasteiger partial charge in [-0.1, -0.05) is 54.1 Å². The van der Waals surface area contributed by atoms with Crippen molar-refractivity contribution in [2.45, 2.75) is 27.8 Å². The maximum atomic E-state index is 13.8. The van der Waals surface area contributed by atoms with Crippen LogP contribution in [0.1, 0.15) is 22.1 Å². The maximum absolute atomic E-state index is 13.8. The third-order valence-corrected chi connectivity index (χ3v) is 8.48. The molecule has 0 bridgehead atoms. The highest BCUT2D eigenvalue weighted by atomic mass is 35.5. The Kier molecular flexibility index (Phi) is 9.86. The zero-order valence-electron chi connectivity index (χ0n) is 20.7. The van der Waals surface area contributed by atoms with Gasteiger partial charge in [-0.05, 0) is 73.0 Å². The third-order valence-electron chi connectivity index (χ3n) is 5.47. The van der Waals surface area contributed by atoms with E-state index >= 15 is 0 Å². The Morgan fingerprint density at radius 3 is 2.27 bits per heavy atom. The summed E-state index contributed by atoms with van der Waals surface area (Å²) in [7, 11) is 0. The van der Waals surface area contributed by atoms with Gasteiger partial charge in [-0.15, -0.1) is 35.3 Å². The summed E-state index contributed by atoms with van der Waals surface area (Å²) in [5, 5.41) is 4.26. The van der Waals surface area contributed by atoms with Gasteiger partial charge in [-0.3, -0.25) is 4.79 Å². The molecule has 0 saturated carbocycles. The van der Waals surface area contributed by atoms with Gasteiger partial charge >= 0.3 is 0 Å². The number of hydrogen-bond acceptors (Lipinski definition) is 6. The molecule has 190 valence electrons. The number of pyridine rings is 1. The summed E-state index contributed by atoms with van der Waals surface area (Å²) < 4.78 is 5.95. The molecule has 37 heavy (non-hydrogen) atoms. The minimum atomic E-state index is -0.438. The molecule has 1 heterocycles. The van der Waals surface area contributed by atoms with Crippen LogP contribution >= 0.6 is 46.9 Å². The Hall–Kier alpha value is -2.58. The van der Waals surface area contributed by atoms with Crippen LogP contribution in [0.25, 0.3) is 0 Å². The topological polar surface area (TPSA) is 51.2 Å². The van der Waals surface area contributed by atoms with Gasteiger partial charge in [0.1, 0.15) is 21.8 Å². The molecule has 3 aromatic carbocycles. The van der Waals surface area contributed by atoms with Gasteiger partial charge in [-0.25, -0.2) is 4.98 Å². The molecule has 4 nitrogen and oxygen atoms in total. The van der Waals surface area contributed by atoms with E-state index in [-0.39, 0.29) is 5.91 Å². The summed E-state index contributed by atoms with van der Waals surface area (Å²) in [5.74, 6) is 2.05. The van der Waals surface area contributed by atoms with Gasteiger partial charge in [0.25, 0.3) is 0 Å². The number of carbonyl (C=O) groups is 1. The molecule has 1 unspecified atom stereocenters. The van der Waals surface area contributed by atoms with Crippen LogP contribution in [0.5, 0.6) is 11.5 Å². The number of amides is 1. The number of hydrogen-bond donors (Lipinski definition) is 1. The quantitative estimate of drug-likeness (QED) is 0.193. The summed E-state index contributed by atoms with van der Waals surface area (Å²) in [6, 6.07) is 27.1. The summed E-state index contributed by atoms with van der Waals surface area (Å²) in [4.78, 5) is 19.4. The second kappa shape index (κ2) is 13.3. The number of carbonyl (C=O) groups excluding carboxylic acids is 1. The Bertz CT molecular complexity index is 1310. The van der Waals surface area contributed by atoms with E-state index in [1.807, 2.05) is 104 Å². The van der Waals surface area contributed by atoms with Crippen LogP contribution in [0.2, 0.25) is 5.02 Å². The van der Waals surface area contributed by atoms with Crippen LogP contribution in [-0.4, -0.2) is 23.4 Å². The second-order valence-electron chi connectivity index (χ2n) is 8.14. The fourth-order valence-corrected chi connectivity index (χ4v) is 6.19. The monoisotopic (exact) mass is 566 g/mol. The van der Waals surface area contributed by atoms with Crippen molar-refractivity contribution < 1.29 is 9.53 Å². The van der Waals surface area contributed by atoms with Crippen LogP contribution in [0.15, 0.2) is 94.9 Å². The van der Waals surface area contributed by atoms with Gasteiger partial charge in [0, 0.05) is 21.4 Å². The van der Waals surface area contributed by atoms with E-state index in [4.69, 9.17) is 16.3 Å². The van der Waals surface area contributed by atoms with E-state index in [1.165, 1.54) is 11.8 Å². The summed E-state index contributed by atoms with van der Waals surface area (Å²) in [5.41, 5.74) is 3.68. The Morgan fingerprint density at radius 1 is 0.946 bits per heavy atom. The fraction of sp³-hybridized carbons (Fsp3) is 0.172. The lowest BCUT2D eigenvalue weighted by molar-refractivity contribution is -0.115. The molecule has 4 rings (SSSR count). The molecule has 0 saturated heterocycles. The summed E-state index contributed by atoms with van der Waals surface area (Å²) in [6.07, 6.45) is 3.98. The first-order chi connectivity index (χ1) is 18.0. The number of para-hydroxylation sites is 1. The van der Waals surface area contributed by atoms with Crippen LogP contribution in [0.4, 0.5) is 5.69 Å². The molecule has 0 radical (unpaired) electrons. The lowest BCUT2D eigenvalue weighted by Crippen LogP contribution is -2.20. The van der Waals surface area contributed by atoms with Crippen LogP contribution in [0.3, 0.4) is 0 Å². The highest BCUT2D eigenvalue weighted by molar-refractivity contribution is 8.00. The lowest BCUT2D eigenvalue weighted by Gasteiger charge is -2.20. The van der Waals surface area contributed by atoms with E-state index in [1.54, 1.807) is 23.5 Å². The Morgan fingerprint density at radius 2 is 1.62 bits per heavy atom. The minimum Gasteiger partial charge on any atom is -0.457 e. The molecule has 0 fully saturated rings. The van der Waals surface area contributed by atoms with E-state index in [9.17, 15) is 4.79 Å². The second-order valence-corrected chi connectivity index (χ2v) is 11.3. The van der Waals surface area contributed by atoms with Crippen molar-refractivity contribution in [3.8, 4) is 11.5 Å². The number of benzene rings is 3. The highest BCUT2D eigenvalue weighted by Gasteiger charge is 2.24. The lowest BCUT2D eigenvalue weighted by atomic mass is 10.1. The number of aromatic nitrogens is 1. The average Bonchev–Trinajstić information content (AvgIpc) is 2.92. The zero-order valence-corrected chi connectivity index (χ0v) is 23.9. The van der Waals surface area contributed by atoms with Crippen molar-refractivity contribution >= 4 is 58.5 Å². The number of thioether (sulfide) groups is 3. The molecular formula is C29H27ClN2O2S3. The van der Waals surface area contributed by atoms with Gasteiger partial charge in [0.15, 0.2) is 0 Å². The summed E-state index contributed by atoms with van der Waals surface area (Å²) >= 11 is 10.8. The van der Waals surface area contributed by atoms with Gasteiger partial charge in [0.2, 0.25) is 5.91 Å². The van der Waals surface area contributed by atoms with Crippen molar-refractivity contribution in [1.82, 2.24) is 4.98 Å². The highest BCUT2D eigenvalue weighted by Crippen LogP contribution is 2.38. The van der Waals surface area contributed by atoms with E-state index in [0.29, 0.717) is 16.5 Å². The van der Waals surface area contributed by atoms with Crippen molar-refractivity contribution in [2.75, 3.05) is 17.8 Å². The van der Waals surface area contributed by atoms with Gasteiger partial charge in [-0.2, -0.15) is 0 Å². The standard InChI is InChI=1S/C29H27ClN2O2S3/c1-19-17-25(35-2)26(29(31-19)36-3)32-28(33)27(37-18-20-9-13-22(30)14-10-20)21-11-15-24(16-12-21)34-23-7-5-4-6-8-23/h4-17,27H,18H2,1-3H3,(H,32,33). The number of halogens is 1. The fourth-order valence-electron chi connectivity index (χ4n) is 3.65. The predicted octanol–water partition coefficient (Wildman–Crippen LogP) is 8.89. The largest absolute Gasteiger partial charge is 0.457 e. The van der Waals surface area contributed by atoms with Crippen LogP contribution < -0.4 is 10.1 Å². The molecule has 0 spiro atoms. The average molecular weight is 567 g/mol. The van der Waals surface area contributed by atoms with E-state index < -0.39 is 5.25 Å². The number of rotatable bonds is 10. The first-order valence-electron chi connectivity index (χ1n) is 11.6. The number of anilines is 1. The number of ether oxygens (including phenoxy) is 1. The molecule has 1 N–H and O–H groups in total. The van der Waals surface area contributed by atoms with E-state index in [2.05, 4.69) is 10.3 Å². The zero-order chi connectivity index (χ0) is 26.2. The number of nitrogens with zero attached hydrogens (tertiary/aromatic N) is 1. The Labute approximate surface area is 236 Å². The third kappa shape index (κ3) is 7.48. The molecule has 1 amide bonds. The molecule has 4 aromatic rings. The van der Waals surface area contributed by atoms with Crippen molar-refractivity contribution in [3.05, 3.63) is 107 Å². The first-order valence-corrected chi connectivity index (χ1v) is 15.4. The van der Waals surface area contributed by atoms with Gasteiger partial charge in [0.05, 0.1) is 5.69 Å². The molecule has 0 aliphatic heterocycles. The maximum Gasteiger partial charge on any atom is 0.242 e. The van der Waals surface area contributed by atoms with Crippen LogP contribution in [0, 0.1) is 6.92 Å². The molecule has 0 aliphatic rings. The molecular weight excluding hydrogens is 540 g/mol. The van der Waals surface area contributed by atoms with Crippen molar-refractivity contribution in [2.24, 2.45) is 0 Å². The van der Waals surface area contributed by atoms with Crippen molar-refractivity contribution in [3.63, 3.8) is 0 Å². The molecule has 1 aromatic heterocycles. The smallest absolute Gasteiger partial charge is 0.242 e.